The van der Waals surface area contributed by atoms with Gasteiger partial charge in [-0.25, -0.2) is 0 Å². The van der Waals surface area contributed by atoms with Crippen LogP contribution in [-0.2, 0) is 17.6 Å². The third-order valence-corrected chi connectivity index (χ3v) is 2.89. The molecule has 96 valence electrons. The lowest BCUT2D eigenvalue weighted by atomic mass is 9.97. The molecule has 3 nitrogen and oxygen atoms in total. The number of primary amides is 1. The monoisotopic (exact) mass is 253 g/mol. The van der Waals surface area contributed by atoms with E-state index < -0.39 is 5.91 Å². The summed E-state index contributed by atoms with van der Waals surface area (Å²) in [4.78, 5) is 23.3. The molecule has 0 fully saturated rings. The predicted octanol–water partition coefficient (Wildman–Crippen LogP) is 2.14. The summed E-state index contributed by atoms with van der Waals surface area (Å²) in [6.45, 7) is 0. The zero-order valence-corrected chi connectivity index (χ0v) is 10.5. The lowest BCUT2D eigenvalue weighted by Crippen LogP contribution is -2.16. The molecule has 2 N–H and O–H groups in total. The Balaban J connectivity index is 2.21. The van der Waals surface area contributed by atoms with Crippen LogP contribution >= 0.6 is 0 Å². The lowest BCUT2D eigenvalue weighted by Gasteiger charge is -2.07. The van der Waals surface area contributed by atoms with Crippen molar-refractivity contribution >= 4 is 11.7 Å². The van der Waals surface area contributed by atoms with Gasteiger partial charge >= 0.3 is 0 Å². The molecule has 0 radical (unpaired) electrons. The maximum Gasteiger partial charge on any atom is 0.221 e. The molecule has 0 aliphatic heterocycles. The molecule has 0 aliphatic rings. The molecule has 2 aromatic carbocycles. The number of Topliss-reactive ketones (excluding diaryl/α,β-unsaturated/α-hetero) is 1. The molecule has 0 aromatic heterocycles. The van der Waals surface area contributed by atoms with E-state index in [0.29, 0.717) is 17.5 Å². The van der Waals surface area contributed by atoms with E-state index in [9.17, 15) is 9.59 Å². The molecule has 1 amide bonds. The zero-order chi connectivity index (χ0) is 13.7. The summed E-state index contributed by atoms with van der Waals surface area (Å²) >= 11 is 0. The molecule has 0 aliphatic carbocycles. The third kappa shape index (κ3) is 3.52. The van der Waals surface area contributed by atoms with Gasteiger partial charge in [-0.2, -0.15) is 0 Å². The molecule has 0 heterocycles. The minimum Gasteiger partial charge on any atom is -0.369 e. The van der Waals surface area contributed by atoms with E-state index in [-0.39, 0.29) is 12.2 Å². The fourth-order valence-corrected chi connectivity index (χ4v) is 2.01. The van der Waals surface area contributed by atoms with Crippen molar-refractivity contribution in [2.24, 2.45) is 5.73 Å². The van der Waals surface area contributed by atoms with Crippen molar-refractivity contribution in [2.45, 2.75) is 12.8 Å². The quantitative estimate of drug-likeness (QED) is 0.830. The molecular weight excluding hydrogens is 238 g/mol. The second kappa shape index (κ2) is 5.96. The van der Waals surface area contributed by atoms with Crippen LogP contribution in [0.25, 0.3) is 0 Å². The van der Waals surface area contributed by atoms with Gasteiger partial charge in [0.25, 0.3) is 0 Å². The van der Waals surface area contributed by atoms with Gasteiger partial charge in [-0.1, -0.05) is 54.6 Å². The van der Waals surface area contributed by atoms with Crippen LogP contribution in [0.15, 0.2) is 54.6 Å². The van der Waals surface area contributed by atoms with Crippen LogP contribution in [-0.4, -0.2) is 11.7 Å². The van der Waals surface area contributed by atoms with Gasteiger partial charge in [-0.05, 0) is 11.1 Å². The van der Waals surface area contributed by atoms with Crippen LogP contribution in [0.3, 0.4) is 0 Å². The van der Waals surface area contributed by atoms with Crippen LogP contribution in [0, 0.1) is 0 Å². The number of ketones is 1. The molecule has 3 heteroatoms. The highest BCUT2D eigenvalue weighted by Gasteiger charge is 2.12. The summed E-state index contributed by atoms with van der Waals surface area (Å²) < 4.78 is 0. The summed E-state index contributed by atoms with van der Waals surface area (Å²) in [5, 5.41) is 0. The molecule has 0 saturated carbocycles. The third-order valence-electron chi connectivity index (χ3n) is 2.89. The highest BCUT2D eigenvalue weighted by Crippen LogP contribution is 2.13. The first-order valence-electron chi connectivity index (χ1n) is 6.10. The first-order valence-corrected chi connectivity index (χ1v) is 6.10. The van der Waals surface area contributed by atoms with E-state index >= 15 is 0 Å². The van der Waals surface area contributed by atoms with Gasteiger partial charge in [0, 0.05) is 12.0 Å². The molecule has 0 saturated heterocycles. The SMILES string of the molecule is NC(=O)Cc1ccccc1C(=O)Cc1ccccc1. The standard InChI is InChI=1S/C16H15NO2/c17-16(19)11-13-8-4-5-9-14(13)15(18)10-12-6-2-1-3-7-12/h1-9H,10-11H2,(H2,17,19). The number of carbonyl (C=O) groups is 2. The maximum absolute atomic E-state index is 12.3. The number of carbonyl (C=O) groups excluding carboxylic acids is 2. The number of hydrogen-bond donors (Lipinski definition) is 1. The van der Waals surface area contributed by atoms with E-state index in [4.69, 9.17) is 5.73 Å². The summed E-state index contributed by atoms with van der Waals surface area (Å²) in [7, 11) is 0. The van der Waals surface area contributed by atoms with E-state index in [1.54, 1.807) is 24.3 Å². The highest BCUT2D eigenvalue weighted by atomic mass is 16.1. The Morgan fingerprint density at radius 2 is 1.47 bits per heavy atom. The molecule has 0 atom stereocenters. The Morgan fingerprint density at radius 3 is 2.16 bits per heavy atom. The van der Waals surface area contributed by atoms with Gasteiger partial charge in [-0.3, -0.25) is 9.59 Å². The van der Waals surface area contributed by atoms with Gasteiger partial charge in [0.2, 0.25) is 5.91 Å². The number of rotatable bonds is 5. The number of hydrogen-bond acceptors (Lipinski definition) is 2. The largest absolute Gasteiger partial charge is 0.369 e. The number of amides is 1. The van der Waals surface area contributed by atoms with Crippen molar-refractivity contribution in [1.82, 2.24) is 0 Å². The van der Waals surface area contributed by atoms with Crippen molar-refractivity contribution in [3.05, 3.63) is 71.3 Å². The van der Waals surface area contributed by atoms with E-state index in [0.717, 1.165) is 5.56 Å². The molecule has 0 bridgehead atoms. The smallest absolute Gasteiger partial charge is 0.221 e. The normalized spacial score (nSPS) is 10.1. The number of benzene rings is 2. The van der Waals surface area contributed by atoms with Crippen molar-refractivity contribution in [3.8, 4) is 0 Å². The van der Waals surface area contributed by atoms with Crippen LogP contribution in [0.4, 0.5) is 0 Å². The Labute approximate surface area is 112 Å². The first-order chi connectivity index (χ1) is 9.16. The molecule has 2 rings (SSSR count). The Hall–Kier alpha value is -2.42. The molecule has 0 spiro atoms. The van der Waals surface area contributed by atoms with Crippen molar-refractivity contribution < 1.29 is 9.59 Å². The molecule has 2 aromatic rings. The average molecular weight is 253 g/mol. The second-order valence-corrected chi connectivity index (χ2v) is 4.39. The minimum atomic E-state index is -0.431. The Morgan fingerprint density at radius 1 is 0.842 bits per heavy atom. The topological polar surface area (TPSA) is 60.2 Å². The summed E-state index contributed by atoms with van der Waals surface area (Å²) in [5.74, 6) is -0.428. The van der Waals surface area contributed by atoms with Crippen LogP contribution in [0.2, 0.25) is 0 Å². The average Bonchev–Trinajstić information content (AvgIpc) is 2.39. The summed E-state index contributed by atoms with van der Waals surface area (Å²) in [6.07, 6.45) is 0.424. The molecular formula is C16H15NO2. The van der Waals surface area contributed by atoms with Gasteiger partial charge in [0.1, 0.15) is 0 Å². The van der Waals surface area contributed by atoms with Gasteiger partial charge in [0.05, 0.1) is 6.42 Å². The van der Waals surface area contributed by atoms with Crippen molar-refractivity contribution in [3.63, 3.8) is 0 Å². The van der Waals surface area contributed by atoms with Crippen LogP contribution in [0.1, 0.15) is 21.5 Å². The lowest BCUT2D eigenvalue weighted by molar-refractivity contribution is -0.117. The summed E-state index contributed by atoms with van der Waals surface area (Å²) in [5.41, 5.74) is 7.42. The van der Waals surface area contributed by atoms with Gasteiger partial charge in [0.15, 0.2) is 5.78 Å². The van der Waals surface area contributed by atoms with Crippen LogP contribution in [0.5, 0.6) is 0 Å². The fourth-order valence-electron chi connectivity index (χ4n) is 2.01. The molecule has 19 heavy (non-hydrogen) atoms. The van der Waals surface area contributed by atoms with E-state index in [1.165, 1.54) is 0 Å². The van der Waals surface area contributed by atoms with Crippen molar-refractivity contribution in [1.29, 1.82) is 0 Å². The van der Waals surface area contributed by atoms with E-state index in [1.807, 2.05) is 30.3 Å². The predicted molar refractivity (Wildman–Crippen MR) is 73.8 cm³/mol. The fraction of sp³-hybridized carbons (Fsp3) is 0.125. The second-order valence-electron chi connectivity index (χ2n) is 4.39. The van der Waals surface area contributed by atoms with Crippen LogP contribution < -0.4 is 5.73 Å². The van der Waals surface area contributed by atoms with Gasteiger partial charge < -0.3 is 5.73 Å². The zero-order valence-electron chi connectivity index (χ0n) is 10.5. The minimum absolute atomic E-state index is 0.00282. The maximum atomic E-state index is 12.3. The van der Waals surface area contributed by atoms with Crippen molar-refractivity contribution in [2.75, 3.05) is 0 Å². The Bertz CT molecular complexity index is 591. The Kier molecular flexibility index (Phi) is 4.08. The van der Waals surface area contributed by atoms with E-state index in [2.05, 4.69) is 0 Å². The first kappa shape index (κ1) is 13.0. The molecule has 0 unspecified atom stereocenters. The highest BCUT2D eigenvalue weighted by molar-refractivity contribution is 5.99. The summed E-state index contributed by atoms with van der Waals surface area (Å²) in [6, 6.07) is 16.6. The number of nitrogens with two attached hydrogens (primary N) is 1. The van der Waals surface area contributed by atoms with Gasteiger partial charge in [-0.15, -0.1) is 0 Å².